The molecular formula is C19H31N3O3. The van der Waals surface area contributed by atoms with Gasteiger partial charge in [0.1, 0.15) is 18.2 Å². The molecule has 1 amide bonds. The number of hydrogen-bond donors (Lipinski definition) is 2. The van der Waals surface area contributed by atoms with Crippen molar-refractivity contribution in [2.24, 2.45) is 0 Å². The second kappa shape index (κ2) is 13.3. The number of hydrogen-bond acceptors (Lipinski definition) is 5. The molecule has 1 fully saturated rings. The Balaban J connectivity index is 2.51. The minimum atomic E-state index is -0.451. The molecular weight excluding hydrogens is 318 g/mol. The van der Waals surface area contributed by atoms with Crippen LogP contribution in [0.15, 0.2) is 11.8 Å². The maximum atomic E-state index is 12.3. The van der Waals surface area contributed by atoms with E-state index in [1.807, 2.05) is 6.07 Å². The molecule has 0 heterocycles. The SMILES string of the molecule is COC(=O)CN/C=C(/C#N)C(=O)NC1CCCCCCCCCCC1. The van der Waals surface area contributed by atoms with Crippen LogP contribution < -0.4 is 10.6 Å². The Morgan fingerprint density at radius 2 is 1.56 bits per heavy atom. The number of carbonyl (C=O) groups excluding carboxylic acids is 2. The van der Waals surface area contributed by atoms with Gasteiger partial charge in [0.2, 0.25) is 0 Å². The zero-order valence-corrected chi connectivity index (χ0v) is 15.3. The van der Waals surface area contributed by atoms with Crippen molar-refractivity contribution in [1.82, 2.24) is 10.6 Å². The van der Waals surface area contributed by atoms with Crippen molar-refractivity contribution >= 4 is 11.9 Å². The van der Waals surface area contributed by atoms with Gasteiger partial charge in [-0.3, -0.25) is 9.59 Å². The predicted molar refractivity (Wildman–Crippen MR) is 96.4 cm³/mol. The van der Waals surface area contributed by atoms with E-state index in [0.717, 1.165) is 25.7 Å². The Morgan fingerprint density at radius 3 is 2.04 bits per heavy atom. The first-order chi connectivity index (χ1) is 12.2. The second-order valence-electron chi connectivity index (χ2n) is 6.56. The summed E-state index contributed by atoms with van der Waals surface area (Å²) in [4.78, 5) is 23.4. The quantitative estimate of drug-likeness (QED) is 0.452. The lowest BCUT2D eigenvalue weighted by Crippen LogP contribution is -2.36. The van der Waals surface area contributed by atoms with Crippen LogP contribution in [0.4, 0.5) is 0 Å². The van der Waals surface area contributed by atoms with Gasteiger partial charge >= 0.3 is 5.97 Å². The average Bonchev–Trinajstić information content (AvgIpc) is 2.60. The number of nitrogens with zero attached hydrogens (tertiary/aromatic N) is 1. The third kappa shape index (κ3) is 9.75. The lowest BCUT2D eigenvalue weighted by atomic mass is 9.98. The fourth-order valence-electron chi connectivity index (χ4n) is 3.03. The van der Waals surface area contributed by atoms with E-state index in [4.69, 9.17) is 5.26 Å². The number of rotatable bonds is 5. The van der Waals surface area contributed by atoms with Crippen LogP contribution in [0.3, 0.4) is 0 Å². The van der Waals surface area contributed by atoms with E-state index in [2.05, 4.69) is 15.4 Å². The summed E-state index contributed by atoms with van der Waals surface area (Å²) in [6, 6.07) is 2.00. The van der Waals surface area contributed by atoms with Crippen LogP contribution in [-0.2, 0) is 14.3 Å². The summed E-state index contributed by atoms with van der Waals surface area (Å²) in [7, 11) is 1.29. The Kier molecular flexibility index (Phi) is 11.2. The minimum absolute atomic E-state index is 0.0185. The second-order valence-corrected chi connectivity index (χ2v) is 6.56. The van der Waals surface area contributed by atoms with Crippen molar-refractivity contribution in [2.75, 3.05) is 13.7 Å². The molecule has 0 unspecified atom stereocenters. The molecule has 0 aromatic rings. The fourth-order valence-corrected chi connectivity index (χ4v) is 3.03. The maximum absolute atomic E-state index is 12.3. The van der Waals surface area contributed by atoms with Crippen LogP contribution in [0.5, 0.6) is 0 Å². The molecule has 140 valence electrons. The van der Waals surface area contributed by atoms with Gasteiger partial charge in [-0.15, -0.1) is 0 Å². The van der Waals surface area contributed by atoms with E-state index < -0.39 is 5.97 Å². The van der Waals surface area contributed by atoms with Gasteiger partial charge in [0.25, 0.3) is 5.91 Å². The van der Waals surface area contributed by atoms with Crippen LogP contribution in [0.25, 0.3) is 0 Å². The number of ether oxygens (including phenoxy) is 1. The molecule has 0 spiro atoms. The Hall–Kier alpha value is -2.03. The van der Waals surface area contributed by atoms with Gasteiger partial charge < -0.3 is 15.4 Å². The van der Waals surface area contributed by atoms with Crippen LogP contribution in [0.1, 0.15) is 70.6 Å². The first-order valence-corrected chi connectivity index (χ1v) is 9.38. The van der Waals surface area contributed by atoms with Crippen LogP contribution in [0, 0.1) is 11.3 Å². The van der Waals surface area contributed by atoms with Gasteiger partial charge in [-0.25, -0.2) is 0 Å². The molecule has 25 heavy (non-hydrogen) atoms. The fraction of sp³-hybridized carbons (Fsp3) is 0.737. The molecule has 6 heteroatoms. The third-order valence-electron chi connectivity index (χ3n) is 4.53. The lowest BCUT2D eigenvalue weighted by molar-refractivity contribution is -0.139. The molecule has 1 saturated carbocycles. The van der Waals surface area contributed by atoms with E-state index in [0.29, 0.717) is 0 Å². The van der Waals surface area contributed by atoms with Crippen molar-refractivity contribution in [3.8, 4) is 6.07 Å². The largest absolute Gasteiger partial charge is 0.468 e. The zero-order chi connectivity index (χ0) is 18.3. The van der Waals surface area contributed by atoms with Crippen molar-refractivity contribution in [1.29, 1.82) is 5.26 Å². The predicted octanol–water partition coefficient (Wildman–Crippen LogP) is 2.95. The van der Waals surface area contributed by atoms with Gasteiger partial charge in [0.05, 0.1) is 7.11 Å². The van der Waals surface area contributed by atoms with Crippen molar-refractivity contribution < 1.29 is 14.3 Å². The van der Waals surface area contributed by atoms with E-state index in [1.54, 1.807) is 0 Å². The number of esters is 1. The van der Waals surface area contributed by atoms with Crippen LogP contribution >= 0.6 is 0 Å². The number of methoxy groups -OCH3 is 1. The molecule has 0 aromatic heterocycles. The highest BCUT2D eigenvalue weighted by atomic mass is 16.5. The van der Waals surface area contributed by atoms with E-state index >= 15 is 0 Å². The van der Waals surface area contributed by atoms with Crippen LogP contribution in [-0.4, -0.2) is 31.6 Å². The third-order valence-corrected chi connectivity index (χ3v) is 4.53. The Morgan fingerprint density at radius 1 is 1.04 bits per heavy atom. The smallest absolute Gasteiger partial charge is 0.325 e. The standard InChI is InChI=1S/C19H31N3O3/c1-25-18(23)15-21-14-16(13-20)19(24)22-17-11-9-7-5-3-2-4-6-8-10-12-17/h14,17,21H,2-12,15H2,1H3,(H,22,24)/b16-14-. The minimum Gasteiger partial charge on any atom is -0.468 e. The molecule has 0 aromatic carbocycles. The summed E-state index contributed by atoms with van der Waals surface area (Å²) in [5.41, 5.74) is -0.0185. The molecule has 2 N–H and O–H groups in total. The molecule has 0 atom stereocenters. The normalized spacial score (nSPS) is 18.2. The van der Waals surface area contributed by atoms with Crippen molar-refractivity contribution in [2.45, 2.75) is 76.7 Å². The van der Waals surface area contributed by atoms with Crippen LogP contribution in [0.2, 0.25) is 0 Å². The van der Waals surface area contributed by atoms with E-state index in [9.17, 15) is 9.59 Å². The molecule has 0 radical (unpaired) electrons. The Labute approximate surface area is 151 Å². The van der Waals surface area contributed by atoms with E-state index in [1.165, 1.54) is 58.3 Å². The number of nitrogens with one attached hydrogen (secondary N) is 2. The molecule has 1 rings (SSSR count). The van der Waals surface area contributed by atoms with Gasteiger partial charge in [-0.2, -0.15) is 5.26 Å². The molecule has 0 aliphatic heterocycles. The van der Waals surface area contributed by atoms with Gasteiger partial charge in [-0.05, 0) is 12.8 Å². The van der Waals surface area contributed by atoms with Gasteiger partial charge in [-0.1, -0.05) is 57.8 Å². The summed E-state index contributed by atoms with van der Waals surface area (Å²) in [6.45, 7) is -0.0710. The van der Waals surface area contributed by atoms with Crippen molar-refractivity contribution in [3.05, 3.63) is 11.8 Å². The summed E-state index contributed by atoms with van der Waals surface area (Å²) in [5, 5.41) is 14.8. The molecule has 0 bridgehead atoms. The number of amides is 1. The van der Waals surface area contributed by atoms with Gasteiger partial charge in [0, 0.05) is 12.2 Å². The average molecular weight is 349 g/mol. The summed E-state index contributed by atoms with van der Waals surface area (Å²) in [6.07, 6.45) is 14.3. The first kappa shape index (κ1) is 21.0. The molecule has 0 saturated heterocycles. The summed E-state index contributed by atoms with van der Waals surface area (Å²) >= 11 is 0. The maximum Gasteiger partial charge on any atom is 0.325 e. The van der Waals surface area contributed by atoms with Crippen molar-refractivity contribution in [3.63, 3.8) is 0 Å². The monoisotopic (exact) mass is 349 g/mol. The van der Waals surface area contributed by atoms with E-state index in [-0.39, 0.29) is 24.1 Å². The molecule has 1 aliphatic rings. The molecule has 6 nitrogen and oxygen atoms in total. The highest BCUT2D eigenvalue weighted by Gasteiger charge is 2.16. The highest BCUT2D eigenvalue weighted by Crippen LogP contribution is 2.17. The topological polar surface area (TPSA) is 91.2 Å². The number of nitriles is 1. The molecule has 1 aliphatic carbocycles. The Bertz CT molecular complexity index is 471. The number of carbonyl (C=O) groups is 2. The lowest BCUT2D eigenvalue weighted by Gasteiger charge is -2.19. The summed E-state index contributed by atoms with van der Waals surface area (Å²) < 4.78 is 4.50. The first-order valence-electron chi connectivity index (χ1n) is 9.38. The highest BCUT2D eigenvalue weighted by molar-refractivity contribution is 5.97. The summed E-state index contributed by atoms with van der Waals surface area (Å²) in [5.74, 6) is -0.828. The zero-order valence-electron chi connectivity index (χ0n) is 15.3. The van der Waals surface area contributed by atoms with Gasteiger partial charge in [0.15, 0.2) is 0 Å².